The van der Waals surface area contributed by atoms with E-state index in [0.717, 1.165) is 33.6 Å². The Balaban J connectivity index is 1.77. The topological polar surface area (TPSA) is 59.1 Å². The second-order valence-corrected chi connectivity index (χ2v) is 10.0. The summed E-state index contributed by atoms with van der Waals surface area (Å²) in [7, 11) is 7.89. The molecule has 0 aliphatic carbocycles. The van der Waals surface area contributed by atoms with Gasteiger partial charge in [-0.25, -0.2) is 4.79 Å². The highest BCUT2D eigenvalue weighted by atomic mass is 16.6. The van der Waals surface area contributed by atoms with Crippen molar-refractivity contribution in [1.82, 2.24) is 0 Å². The van der Waals surface area contributed by atoms with Gasteiger partial charge in [0.25, 0.3) is 0 Å². The molecule has 0 saturated heterocycles. The number of benzene rings is 3. The Kier molecular flexibility index (Phi) is 5.35. The summed E-state index contributed by atoms with van der Waals surface area (Å²) in [4.78, 5) is 29.7. The van der Waals surface area contributed by atoms with Crippen molar-refractivity contribution in [3.63, 3.8) is 0 Å². The fraction of sp³-hybridized carbons (Fsp3) is 0.310. The zero-order chi connectivity index (χ0) is 25.1. The Hall–Kier alpha value is -3.80. The zero-order valence-corrected chi connectivity index (χ0v) is 21.0. The molecule has 2 aliphatic heterocycles. The van der Waals surface area contributed by atoms with Crippen molar-refractivity contribution in [2.75, 3.05) is 38.0 Å². The number of carbonyl (C=O) groups excluding carboxylic acids is 2. The molecule has 6 heteroatoms. The number of hydrogen-bond acceptors (Lipinski definition) is 6. The molecule has 2 heterocycles. The maximum absolute atomic E-state index is 13.2. The number of anilines is 2. The van der Waals surface area contributed by atoms with Gasteiger partial charge in [0.15, 0.2) is 5.60 Å². The number of ether oxygens (including phenoxy) is 2. The number of nitrogens with zero attached hydrogens (tertiary/aromatic N) is 2. The minimum atomic E-state index is -1.15. The van der Waals surface area contributed by atoms with Crippen LogP contribution < -0.4 is 14.5 Å². The van der Waals surface area contributed by atoms with Gasteiger partial charge in [0, 0.05) is 80.7 Å². The minimum absolute atomic E-state index is 0.0615. The normalized spacial score (nSPS) is 14.7. The highest BCUT2D eigenvalue weighted by Gasteiger charge is 2.53. The van der Waals surface area contributed by atoms with Crippen LogP contribution in [-0.4, -0.2) is 39.9 Å². The summed E-state index contributed by atoms with van der Waals surface area (Å²) in [5.74, 6) is 0.999. The summed E-state index contributed by atoms with van der Waals surface area (Å²) < 4.78 is 12.7. The van der Waals surface area contributed by atoms with E-state index in [-0.39, 0.29) is 17.7 Å². The highest BCUT2D eigenvalue weighted by molar-refractivity contribution is 5.97. The van der Waals surface area contributed by atoms with Crippen molar-refractivity contribution in [3.05, 3.63) is 82.4 Å². The largest absolute Gasteiger partial charge is 0.456 e. The molecule has 180 valence electrons. The van der Waals surface area contributed by atoms with Gasteiger partial charge < -0.3 is 19.3 Å². The lowest BCUT2D eigenvalue weighted by Gasteiger charge is -2.37. The fourth-order valence-corrected chi connectivity index (χ4v) is 4.82. The number of esters is 1. The maximum Gasteiger partial charge on any atom is 0.340 e. The smallest absolute Gasteiger partial charge is 0.340 e. The van der Waals surface area contributed by atoms with Crippen LogP contribution in [0, 0.1) is 5.92 Å². The number of rotatable bonds is 5. The molecular weight excluding hydrogens is 440 g/mol. The second kappa shape index (κ2) is 8.15. The van der Waals surface area contributed by atoms with Crippen molar-refractivity contribution in [3.8, 4) is 11.5 Å². The van der Waals surface area contributed by atoms with Gasteiger partial charge in [0.1, 0.15) is 17.3 Å². The lowest BCUT2D eigenvalue weighted by Crippen LogP contribution is -2.33. The maximum atomic E-state index is 13.2. The fourth-order valence-electron chi connectivity index (χ4n) is 4.82. The molecule has 3 aromatic carbocycles. The average molecular weight is 471 g/mol. The van der Waals surface area contributed by atoms with Crippen LogP contribution in [0.2, 0.25) is 0 Å². The van der Waals surface area contributed by atoms with E-state index in [4.69, 9.17) is 9.47 Å². The monoisotopic (exact) mass is 470 g/mol. The molecule has 1 spiro atoms. The van der Waals surface area contributed by atoms with Gasteiger partial charge in [0.2, 0.25) is 0 Å². The number of Topliss-reactive ketones (excluding diaryl/α,β-unsaturated/α-hetero) is 1. The second-order valence-electron chi connectivity index (χ2n) is 10.0. The molecule has 2 aliphatic rings. The summed E-state index contributed by atoms with van der Waals surface area (Å²) in [6, 6.07) is 17.5. The number of fused-ring (bicyclic) bond motifs is 6. The lowest BCUT2D eigenvalue weighted by atomic mass is 9.77. The van der Waals surface area contributed by atoms with Gasteiger partial charge in [-0.1, -0.05) is 19.9 Å². The molecule has 0 aromatic heterocycles. The first-order valence-electron chi connectivity index (χ1n) is 11.8. The molecule has 35 heavy (non-hydrogen) atoms. The summed E-state index contributed by atoms with van der Waals surface area (Å²) >= 11 is 0. The molecule has 0 bridgehead atoms. The molecule has 0 saturated carbocycles. The Bertz CT molecular complexity index is 1300. The van der Waals surface area contributed by atoms with Gasteiger partial charge in [-0.3, -0.25) is 4.79 Å². The van der Waals surface area contributed by atoms with E-state index >= 15 is 0 Å². The van der Waals surface area contributed by atoms with Crippen LogP contribution in [-0.2, 0) is 21.6 Å². The molecule has 6 nitrogen and oxygen atoms in total. The van der Waals surface area contributed by atoms with E-state index < -0.39 is 5.60 Å². The van der Waals surface area contributed by atoms with Gasteiger partial charge in [-0.15, -0.1) is 0 Å². The minimum Gasteiger partial charge on any atom is -0.456 e. The number of ketones is 1. The van der Waals surface area contributed by atoms with Crippen LogP contribution in [0.25, 0.3) is 0 Å². The van der Waals surface area contributed by atoms with Crippen molar-refractivity contribution < 1.29 is 19.1 Å². The molecular formula is C29H30N2O4. The van der Waals surface area contributed by atoms with E-state index in [1.807, 2.05) is 100 Å². The molecule has 0 radical (unpaired) electrons. The predicted octanol–water partition coefficient (Wildman–Crippen LogP) is 5.15. The van der Waals surface area contributed by atoms with Crippen molar-refractivity contribution in [2.45, 2.75) is 25.9 Å². The molecule has 3 aromatic rings. The summed E-state index contributed by atoms with van der Waals surface area (Å²) in [6.45, 7) is 3.80. The highest BCUT2D eigenvalue weighted by Crippen LogP contribution is 2.57. The van der Waals surface area contributed by atoms with Crippen LogP contribution in [0.5, 0.6) is 11.5 Å². The standard InChI is InChI=1S/C29H30N2O4/c1-17(2)25(32)14-18-7-10-21-24(13-18)29(35-28(21)33)22-11-8-19(30(3)4)15-26(22)34-27-16-20(31(5)6)9-12-23(27)29/h7-13,15-17H,14H2,1-6H3. The summed E-state index contributed by atoms with van der Waals surface area (Å²) in [5.41, 5.74) is 4.47. The van der Waals surface area contributed by atoms with Crippen molar-refractivity contribution in [2.24, 2.45) is 5.92 Å². The molecule has 0 atom stereocenters. The third kappa shape index (κ3) is 3.55. The first kappa shape index (κ1) is 23.0. The van der Waals surface area contributed by atoms with Crippen LogP contribution in [0.4, 0.5) is 11.4 Å². The molecule has 0 N–H and O–H groups in total. The van der Waals surface area contributed by atoms with Crippen molar-refractivity contribution in [1.29, 1.82) is 0 Å². The van der Waals surface area contributed by atoms with Crippen LogP contribution in [0.3, 0.4) is 0 Å². The summed E-state index contributed by atoms with van der Waals surface area (Å²) in [5, 5.41) is 0. The molecule has 5 rings (SSSR count). The Labute approximate surface area is 206 Å². The number of carbonyl (C=O) groups is 2. The van der Waals surface area contributed by atoms with E-state index in [2.05, 4.69) is 0 Å². The lowest BCUT2D eigenvalue weighted by molar-refractivity contribution is -0.121. The van der Waals surface area contributed by atoms with Gasteiger partial charge in [-0.05, 0) is 42.0 Å². The van der Waals surface area contributed by atoms with E-state index in [0.29, 0.717) is 23.5 Å². The average Bonchev–Trinajstić information content (AvgIpc) is 3.10. The van der Waals surface area contributed by atoms with E-state index in [1.54, 1.807) is 6.07 Å². The summed E-state index contributed by atoms with van der Waals surface area (Å²) in [6.07, 6.45) is 0.310. The van der Waals surface area contributed by atoms with Crippen LogP contribution in [0.1, 0.15) is 46.5 Å². The predicted molar refractivity (Wildman–Crippen MR) is 137 cm³/mol. The van der Waals surface area contributed by atoms with Crippen LogP contribution >= 0.6 is 0 Å². The Morgan fingerprint density at radius 2 is 1.40 bits per heavy atom. The third-order valence-electron chi connectivity index (χ3n) is 6.89. The quantitative estimate of drug-likeness (QED) is 0.481. The third-order valence-corrected chi connectivity index (χ3v) is 6.89. The van der Waals surface area contributed by atoms with E-state index in [9.17, 15) is 9.59 Å². The van der Waals surface area contributed by atoms with Crippen molar-refractivity contribution >= 4 is 23.1 Å². The SMILES string of the molecule is CC(C)C(=O)Cc1ccc2c(c1)C1(OC2=O)c2ccc(N(C)C)cc2Oc2cc(N(C)C)ccc21. The first-order chi connectivity index (χ1) is 16.6. The molecule has 0 fully saturated rings. The van der Waals surface area contributed by atoms with E-state index in [1.165, 1.54) is 0 Å². The molecule has 0 amide bonds. The first-order valence-corrected chi connectivity index (χ1v) is 11.8. The molecule has 0 unspecified atom stereocenters. The Morgan fingerprint density at radius 1 is 0.829 bits per heavy atom. The van der Waals surface area contributed by atoms with Crippen LogP contribution in [0.15, 0.2) is 54.6 Å². The number of hydrogen-bond donors (Lipinski definition) is 0. The van der Waals surface area contributed by atoms with Gasteiger partial charge in [0.05, 0.1) is 5.56 Å². The van der Waals surface area contributed by atoms with Gasteiger partial charge in [-0.2, -0.15) is 0 Å². The Morgan fingerprint density at radius 3 is 1.91 bits per heavy atom. The zero-order valence-electron chi connectivity index (χ0n) is 21.0. The van der Waals surface area contributed by atoms with Gasteiger partial charge >= 0.3 is 5.97 Å².